The third-order valence-electron chi connectivity index (χ3n) is 4.99. The first-order chi connectivity index (χ1) is 14.8. The maximum atomic E-state index is 12.7. The molecule has 0 saturated carbocycles. The number of nitrogens with one attached hydrogen (secondary N) is 2. The van der Waals surface area contributed by atoms with E-state index in [1.165, 1.54) is 24.3 Å². The van der Waals surface area contributed by atoms with E-state index in [-0.39, 0.29) is 17.4 Å². The molecule has 0 fully saturated rings. The molecule has 31 heavy (non-hydrogen) atoms. The topological polar surface area (TPSA) is 93.7 Å². The Morgan fingerprint density at radius 3 is 2.29 bits per heavy atom. The van der Waals surface area contributed by atoms with E-state index in [4.69, 9.17) is 9.47 Å². The van der Waals surface area contributed by atoms with Crippen molar-refractivity contribution in [2.75, 3.05) is 16.6 Å². The predicted molar refractivity (Wildman–Crippen MR) is 118 cm³/mol. The Labute approximate surface area is 181 Å². The first kappa shape index (κ1) is 20.7. The van der Waals surface area contributed by atoms with E-state index in [9.17, 15) is 13.2 Å². The van der Waals surface area contributed by atoms with Crippen molar-refractivity contribution in [3.63, 3.8) is 0 Å². The van der Waals surface area contributed by atoms with Crippen LogP contribution in [0.5, 0.6) is 11.5 Å². The predicted octanol–water partition coefficient (Wildman–Crippen LogP) is 3.88. The highest BCUT2D eigenvalue weighted by Gasteiger charge is 2.27. The second kappa shape index (κ2) is 8.31. The third-order valence-corrected chi connectivity index (χ3v) is 6.39. The molecule has 4 rings (SSSR count). The maximum absolute atomic E-state index is 12.7. The number of rotatable bonds is 5. The van der Waals surface area contributed by atoms with Crippen molar-refractivity contribution in [1.29, 1.82) is 0 Å². The summed E-state index contributed by atoms with van der Waals surface area (Å²) in [6.45, 7) is 3.98. The van der Waals surface area contributed by atoms with Crippen LogP contribution in [0.3, 0.4) is 0 Å². The second-order valence-corrected chi connectivity index (χ2v) is 8.96. The fourth-order valence-electron chi connectivity index (χ4n) is 3.11. The molecule has 1 heterocycles. The van der Waals surface area contributed by atoms with Gasteiger partial charge >= 0.3 is 0 Å². The zero-order valence-corrected chi connectivity index (χ0v) is 17.9. The lowest BCUT2D eigenvalue weighted by Gasteiger charge is -2.25. The van der Waals surface area contributed by atoms with Crippen molar-refractivity contribution < 1.29 is 22.7 Å². The van der Waals surface area contributed by atoms with Gasteiger partial charge in [-0.05, 0) is 73.5 Å². The number of carbonyl (C=O) groups excluding carboxylic acids is 1. The number of amides is 1. The minimum absolute atomic E-state index is 0.0925. The normalized spacial score (nSPS) is 15.2. The van der Waals surface area contributed by atoms with E-state index in [1.807, 2.05) is 26.0 Å². The molecule has 1 amide bonds. The van der Waals surface area contributed by atoms with Crippen molar-refractivity contribution in [2.24, 2.45) is 0 Å². The average Bonchev–Trinajstić information content (AvgIpc) is 2.76. The molecule has 0 radical (unpaired) electrons. The summed E-state index contributed by atoms with van der Waals surface area (Å²) in [5, 5.41) is 2.73. The van der Waals surface area contributed by atoms with Gasteiger partial charge in [0.05, 0.1) is 4.90 Å². The van der Waals surface area contributed by atoms with Gasteiger partial charge in [0.1, 0.15) is 6.61 Å². The van der Waals surface area contributed by atoms with Gasteiger partial charge in [-0.1, -0.05) is 18.2 Å². The molecular formula is C23H22N2O5S. The Kier molecular flexibility index (Phi) is 5.56. The summed E-state index contributed by atoms with van der Waals surface area (Å²) < 4.78 is 39.1. The summed E-state index contributed by atoms with van der Waals surface area (Å²) in [5.74, 6) is 0.725. The smallest absolute Gasteiger partial charge is 0.269 e. The monoisotopic (exact) mass is 438 g/mol. The van der Waals surface area contributed by atoms with Crippen molar-refractivity contribution in [2.45, 2.75) is 24.8 Å². The van der Waals surface area contributed by atoms with Crippen LogP contribution in [-0.4, -0.2) is 27.0 Å². The standard InChI is InChI=1S/C23H22N2O5S/c1-15-7-8-18(13-16(15)2)25-31(27,28)19-11-9-17(10-12-19)24-23(26)22-14-29-20-5-3-4-6-21(20)30-22/h3-13,22,25H,14H2,1-2H3,(H,24,26)/t22-/m1/s1. The van der Waals surface area contributed by atoms with E-state index in [0.717, 1.165) is 11.1 Å². The van der Waals surface area contributed by atoms with Crippen molar-refractivity contribution >= 4 is 27.3 Å². The zero-order chi connectivity index (χ0) is 22.0. The van der Waals surface area contributed by atoms with Crippen LogP contribution in [-0.2, 0) is 14.8 Å². The quantitative estimate of drug-likeness (QED) is 0.631. The van der Waals surface area contributed by atoms with Gasteiger partial charge in [-0.25, -0.2) is 8.42 Å². The number of ether oxygens (including phenoxy) is 2. The maximum Gasteiger partial charge on any atom is 0.269 e. The summed E-state index contributed by atoms with van der Waals surface area (Å²) in [4.78, 5) is 12.6. The third kappa shape index (κ3) is 4.64. The number of fused-ring (bicyclic) bond motifs is 1. The zero-order valence-electron chi connectivity index (χ0n) is 17.1. The highest BCUT2D eigenvalue weighted by atomic mass is 32.2. The summed E-state index contributed by atoms with van der Waals surface area (Å²) in [5.41, 5.74) is 3.03. The van der Waals surface area contributed by atoms with E-state index < -0.39 is 16.1 Å². The van der Waals surface area contributed by atoms with Gasteiger partial charge in [0, 0.05) is 11.4 Å². The summed E-state index contributed by atoms with van der Waals surface area (Å²) in [6.07, 6.45) is -0.801. The molecule has 3 aromatic rings. The van der Waals surface area contributed by atoms with Gasteiger partial charge in [0.15, 0.2) is 11.5 Å². The van der Waals surface area contributed by atoms with Crippen LogP contribution in [0.15, 0.2) is 71.6 Å². The molecule has 1 atom stereocenters. The van der Waals surface area contributed by atoms with Crippen LogP contribution in [0.25, 0.3) is 0 Å². The lowest BCUT2D eigenvalue weighted by molar-refractivity contribution is -0.125. The van der Waals surface area contributed by atoms with Crippen molar-refractivity contribution in [3.05, 3.63) is 77.9 Å². The molecule has 7 nitrogen and oxygen atoms in total. The molecule has 0 unspecified atom stereocenters. The van der Waals surface area contributed by atoms with Gasteiger partial charge in [0.25, 0.3) is 15.9 Å². The number of carbonyl (C=O) groups is 1. The Hall–Kier alpha value is -3.52. The number of hydrogen-bond donors (Lipinski definition) is 2. The Balaban J connectivity index is 1.42. The van der Waals surface area contributed by atoms with E-state index in [2.05, 4.69) is 10.0 Å². The fourth-order valence-corrected chi connectivity index (χ4v) is 4.16. The molecule has 0 aromatic heterocycles. The first-order valence-electron chi connectivity index (χ1n) is 9.71. The number of para-hydroxylation sites is 2. The van der Waals surface area contributed by atoms with E-state index in [0.29, 0.717) is 22.9 Å². The van der Waals surface area contributed by atoms with Crippen LogP contribution in [0, 0.1) is 13.8 Å². The molecule has 160 valence electrons. The van der Waals surface area contributed by atoms with E-state index >= 15 is 0 Å². The van der Waals surface area contributed by atoms with Gasteiger partial charge in [-0.3, -0.25) is 9.52 Å². The molecule has 0 aliphatic carbocycles. The van der Waals surface area contributed by atoms with Gasteiger partial charge in [0.2, 0.25) is 6.10 Å². The molecule has 1 aliphatic rings. The van der Waals surface area contributed by atoms with Crippen LogP contribution in [0.2, 0.25) is 0 Å². The van der Waals surface area contributed by atoms with Gasteiger partial charge in [-0.15, -0.1) is 0 Å². The van der Waals surface area contributed by atoms with Crippen LogP contribution in [0.1, 0.15) is 11.1 Å². The average molecular weight is 439 g/mol. The van der Waals surface area contributed by atoms with Gasteiger partial charge < -0.3 is 14.8 Å². The van der Waals surface area contributed by atoms with Gasteiger partial charge in [-0.2, -0.15) is 0 Å². The molecule has 0 bridgehead atoms. The number of anilines is 2. The molecule has 2 N–H and O–H groups in total. The first-order valence-corrected chi connectivity index (χ1v) is 11.2. The Morgan fingerprint density at radius 1 is 0.903 bits per heavy atom. The Morgan fingerprint density at radius 2 is 1.58 bits per heavy atom. The molecule has 3 aromatic carbocycles. The van der Waals surface area contributed by atoms with Crippen LogP contribution >= 0.6 is 0 Å². The molecule has 1 aliphatic heterocycles. The lowest BCUT2D eigenvalue weighted by Crippen LogP contribution is -2.40. The van der Waals surface area contributed by atoms with Crippen molar-refractivity contribution in [1.82, 2.24) is 0 Å². The summed E-state index contributed by atoms with van der Waals surface area (Å²) in [7, 11) is -3.75. The van der Waals surface area contributed by atoms with Crippen LogP contribution < -0.4 is 19.5 Å². The summed E-state index contributed by atoms with van der Waals surface area (Å²) in [6, 6.07) is 18.4. The second-order valence-electron chi connectivity index (χ2n) is 7.28. The number of aryl methyl sites for hydroxylation is 2. The Bertz CT molecular complexity index is 1220. The molecule has 0 spiro atoms. The SMILES string of the molecule is Cc1ccc(NS(=O)(=O)c2ccc(NC(=O)[C@H]3COc4ccccc4O3)cc2)cc1C. The number of hydrogen-bond acceptors (Lipinski definition) is 5. The van der Waals surface area contributed by atoms with E-state index in [1.54, 1.807) is 30.3 Å². The largest absolute Gasteiger partial charge is 0.485 e. The number of sulfonamides is 1. The lowest BCUT2D eigenvalue weighted by atomic mass is 10.1. The van der Waals surface area contributed by atoms with Crippen LogP contribution in [0.4, 0.5) is 11.4 Å². The molecule has 0 saturated heterocycles. The number of benzene rings is 3. The summed E-state index contributed by atoms with van der Waals surface area (Å²) >= 11 is 0. The molecular weight excluding hydrogens is 416 g/mol. The minimum atomic E-state index is -3.75. The highest BCUT2D eigenvalue weighted by Crippen LogP contribution is 2.31. The van der Waals surface area contributed by atoms with Crippen molar-refractivity contribution in [3.8, 4) is 11.5 Å². The minimum Gasteiger partial charge on any atom is -0.485 e. The highest BCUT2D eigenvalue weighted by molar-refractivity contribution is 7.92. The molecule has 8 heteroatoms. The fraction of sp³-hybridized carbons (Fsp3) is 0.174.